The molecule has 1 aromatic rings. The van der Waals surface area contributed by atoms with Crippen LogP contribution in [-0.4, -0.2) is 23.1 Å². The van der Waals surface area contributed by atoms with Crippen LogP contribution in [0.1, 0.15) is 47.9 Å². The Morgan fingerprint density at radius 3 is 3.00 bits per heavy atom. The Morgan fingerprint density at radius 2 is 2.28 bits per heavy atom. The Balaban J connectivity index is 1.90. The lowest BCUT2D eigenvalue weighted by Gasteiger charge is -2.20. The van der Waals surface area contributed by atoms with Crippen molar-refractivity contribution in [2.75, 3.05) is 6.61 Å². The fourth-order valence-corrected chi connectivity index (χ4v) is 3.30. The lowest BCUT2D eigenvalue weighted by Crippen LogP contribution is -2.21. The summed E-state index contributed by atoms with van der Waals surface area (Å²) in [5.41, 5.74) is 3.47. The highest BCUT2D eigenvalue weighted by Crippen LogP contribution is 2.29. The molecule has 2 heterocycles. The van der Waals surface area contributed by atoms with Crippen molar-refractivity contribution in [3.05, 3.63) is 23.0 Å². The van der Waals surface area contributed by atoms with E-state index < -0.39 is 0 Å². The number of aromatic nitrogens is 1. The third-order valence-corrected chi connectivity index (χ3v) is 4.48. The summed E-state index contributed by atoms with van der Waals surface area (Å²) < 4.78 is 8.00. The highest BCUT2D eigenvalue weighted by atomic mass is 16.5. The van der Waals surface area contributed by atoms with E-state index in [0.29, 0.717) is 17.8 Å². The molecule has 0 radical (unpaired) electrons. The normalized spacial score (nSPS) is 27.6. The molecule has 1 fully saturated rings. The summed E-state index contributed by atoms with van der Waals surface area (Å²) in [5.74, 6) is 0.922. The zero-order valence-corrected chi connectivity index (χ0v) is 11.2. The van der Waals surface area contributed by atoms with Gasteiger partial charge in [-0.15, -0.1) is 0 Å². The largest absolute Gasteiger partial charge is 0.378 e. The van der Waals surface area contributed by atoms with Crippen molar-refractivity contribution in [1.82, 2.24) is 4.57 Å². The first-order valence-electron chi connectivity index (χ1n) is 7.00. The maximum atomic E-state index is 11.9. The van der Waals surface area contributed by atoms with E-state index in [1.54, 1.807) is 0 Å². The molecule has 0 saturated carbocycles. The average Bonchev–Trinajstić information content (AvgIpc) is 2.87. The second-order valence-electron chi connectivity index (χ2n) is 5.66. The third kappa shape index (κ3) is 1.91. The van der Waals surface area contributed by atoms with E-state index in [2.05, 4.69) is 24.5 Å². The molecule has 0 N–H and O–H groups in total. The van der Waals surface area contributed by atoms with Gasteiger partial charge in [-0.2, -0.15) is 0 Å². The van der Waals surface area contributed by atoms with Gasteiger partial charge < -0.3 is 9.30 Å². The highest BCUT2D eigenvalue weighted by Gasteiger charge is 2.28. The number of hydrogen-bond donors (Lipinski definition) is 0. The molecule has 0 aromatic carbocycles. The summed E-state index contributed by atoms with van der Waals surface area (Å²) in [5, 5.41) is 0. The number of aryl methyl sites for hydroxylation is 1. The van der Waals surface area contributed by atoms with Crippen LogP contribution in [0, 0.1) is 12.8 Å². The number of ketones is 1. The Morgan fingerprint density at radius 1 is 1.44 bits per heavy atom. The number of rotatable bonds is 2. The molecule has 2 aliphatic rings. The predicted molar refractivity (Wildman–Crippen MR) is 70.0 cm³/mol. The third-order valence-electron chi connectivity index (χ3n) is 4.48. The summed E-state index contributed by atoms with van der Waals surface area (Å²) in [6.45, 7) is 6.17. The van der Waals surface area contributed by atoms with Crippen molar-refractivity contribution in [3.8, 4) is 0 Å². The fourth-order valence-electron chi connectivity index (χ4n) is 3.30. The van der Waals surface area contributed by atoms with E-state index in [1.807, 2.05) is 0 Å². The molecule has 1 aromatic heterocycles. The molecule has 1 aliphatic heterocycles. The topological polar surface area (TPSA) is 31.2 Å². The summed E-state index contributed by atoms with van der Waals surface area (Å²) in [6, 6.07) is 2.08. The van der Waals surface area contributed by atoms with Gasteiger partial charge in [0.2, 0.25) is 0 Å². The average molecular weight is 247 g/mol. The minimum Gasteiger partial charge on any atom is -0.378 e. The van der Waals surface area contributed by atoms with Crippen LogP contribution in [0.4, 0.5) is 0 Å². The highest BCUT2D eigenvalue weighted by molar-refractivity contribution is 5.98. The van der Waals surface area contributed by atoms with Gasteiger partial charge in [0.25, 0.3) is 0 Å². The van der Waals surface area contributed by atoms with Gasteiger partial charge in [-0.3, -0.25) is 4.79 Å². The van der Waals surface area contributed by atoms with E-state index in [0.717, 1.165) is 44.4 Å². The van der Waals surface area contributed by atoms with Gasteiger partial charge in [0.15, 0.2) is 5.78 Å². The number of carbonyl (C=O) groups is 1. The van der Waals surface area contributed by atoms with Crippen molar-refractivity contribution in [2.45, 2.75) is 52.2 Å². The maximum Gasteiger partial charge on any atom is 0.164 e. The minimum absolute atomic E-state index is 0.328. The molecule has 3 heteroatoms. The van der Waals surface area contributed by atoms with E-state index in [-0.39, 0.29) is 0 Å². The molecule has 3 rings (SSSR count). The van der Waals surface area contributed by atoms with Gasteiger partial charge in [0.1, 0.15) is 0 Å². The predicted octanol–water partition coefficient (Wildman–Crippen LogP) is 2.74. The summed E-state index contributed by atoms with van der Waals surface area (Å²) in [4.78, 5) is 11.9. The monoisotopic (exact) mass is 247 g/mol. The quantitative estimate of drug-likeness (QED) is 0.804. The number of fused-ring (bicyclic) bond motifs is 1. The molecule has 98 valence electrons. The number of Topliss-reactive ketones (excluding diaryl/α,β-unsaturated/α-hetero) is 1. The molecule has 2 atom stereocenters. The Labute approximate surface area is 108 Å². The van der Waals surface area contributed by atoms with Crippen LogP contribution >= 0.6 is 0 Å². The van der Waals surface area contributed by atoms with Gasteiger partial charge in [0.05, 0.1) is 6.10 Å². The summed E-state index contributed by atoms with van der Waals surface area (Å²) in [7, 11) is 0. The summed E-state index contributed by atoms with van der Waals surface area (Å²) in [6.07, 6.45) is 4.27. The van der Waals surface area contributed by atoms with Gasteiger partial charge >= 0.3 is 0 Å². The first kappa shape index (κ1) is 12.0. The van der Waals surface area contributed by atoms with Crippen molar-refractivity contribution in [1.29, 1.82) is 0 Å². The fraction of sp³-hybridized carbons (Fsp3) is 0.667. The molecule has 0 spiro atoms. The molecule has 0 bridgehead atoms. The van der Waals surface area contributed by atoms with Gasteiger partial charge in [-0.05, 0) is 39.2 Å². The van der Waals surface area contributed by atoms with Crippen LogP contribution < -0.4 is 0 Å². The minimum atomic E-state index is 0.328. The first-order chi connectivity index (χ1) is 8.66. The van der Waals surface area contributed by atoms with Crippen molar-refractivity contribution < 1.29 is 9.53 Å². The number of nitrogens with zero attached hydrogens (tertiary/aromatic N) is 1. The molecule has 18 heavy (non-hydrogen) atoms. The molecule has 0 amide bonds. The van der Waals surface area contributed by atoms with E-state index in [4.69, 9.17) is 4.74 Å². The lowest BCUT2D eigenvalue weighted by atomic mass is 9.96. The Kier molecular flexibility index (Phi) is 3.02. The number of hydrogen-bond acceptors (Lipinski definition) is 2. The SMILES string of the molecule is Cc1cc2c(n1CC1CCOC1C)CCCC2=O. The van der Waals surface area contributed by atoms with Gasteiger partial charge in [-0.1, -0.05) is 0 Å². The molecule has 1 aliphatic carbocycles. The Bertz CT molecular complexity index is 475. The van der Waals surface area contributed by atoms with Crippen LogP contribution in [0.2, 0.25) is 0 Å². The number of ether oxygens (including phenoxy) is 1. The van der Waals surface area contributed by atoms with Crippen molar-refractivity contribution >= 4 is 5.78 Å². The second-order valence-corrected chi connectivity index (χ2v) is 5.66. The van der Waals surface area contributed by atoms with E-state index >= 15 is 0 Å². The zero-order valence-electron chi connectivity index (χ0n) is 11.2. The molecule has 3 nitrogen and oxygen atoms in total. The van der Waals surface area contributed by atoms with Crippen LogP contribution in [0.5, 0.6) is 0 Å². The maximum absolute atomic E-state index is 11.9. The summed E-state index contributed by atoms with van der Waals surface area (Å²) >= 11 is 0. The number of carbonyl (C=O) groups excluding carboxylic acids is 1. The van der Waals surface area contributed by atoms with E-state index in [9.17, 15) is 4.79 Å². The molecule has 1 saturated heterocycles. The lowest BCUT2D eigenvalue weighted by molar-refractivity contribution is 0.0969. The standard InChI is InChI=1S/C15H21NO2/c1-10-8-13-14(4-3-5-15(13)17)16(10)9-12-6-7-18-11(12)2/h8,11-12H,3-7,9H2,1-2H3. The molecule has 2 unspecified atom stereocenters. The van der Waals surface area contributed by atoms with Gasteiger partial charge in [-0.25, -0.2) is 0 Å². The van der Waals surface area contributed by atoms with Crippen LogP contribution in [-0.2, 0) is 17.7 Å². The van der Waals surface area contributed by atoms with Crippen LogP contribution in [0.25, 0.3) is 0 Å². The molecular formula is C15H21NO2. The zero-order chi connectivity index (χ0) is 12.7. The smallest absolute Gasteiger partial charge is 0.164 e. The second kappa shape index (κ2) is 4.54. The van der Waals surface area contributed by atoms with Crippen molar-refractivity contribution in [2.24, 2.45) is 5.92 Å². The van der Waals surface area contributed by atoms with Crippen LogP contribution in [0.15, 0.2) is 6.07 Å². The Hall–Kier alpha value is -1.09. The molecular weight excluding hydrogens is 226 g/mol. The van der Waals surface area contributed by atoms with Gasteiger partial charge in [0, 0.05) is 42.4 Å². The van der Waals surface area contributed by atoms with E-state index in [1.165, 1.54) is 11.4 Å². The van der Waals surface area contributed by atoms with Crippen LogP contribution in [0.3, 0.4) is 0 Å². The van der Waals surface area contributed by atoms with Crippen molar-refractivity contribution in [3.63, 3.8) is 0 Å². The first-order valence-corrected chi connectivity index (χ1v) is 7.00.